The molecular formula is C21H27IN6O. The molecular weight excluding hydrogens is 479 g/mol. The van der Waals surface area contributed by atoms with Crippen LogP contribution >= 0.6 is 22.6 Å². The number of fused-ring (bicyclic) bond motifs is 1. The van der Waals surface area contributed by atoms with Gasteiger partial charge in [0.25, 0.3) is 0 Å². The SMILES string of the molecule is CC(C)c1c([C@@H](C)c2ccccc2I)nn2c(N)nc(O[C@@H]3CCCNC3)nc12. The average molecular weight is 506 g/mol. The van der Waals surface area contributed by atoms with Crippen LogP contribution in [0.3, 0.4) is 0 Å². The quantitative estimate of drug-likeness (QED) is 0.513. The Morgan fingerprint density at radius 3 is 2.72 bits per heavy atom. The summed E-state index contributed by atoms with van der Waals surface area (Å²) in [5, 5.41) is 8.18. The third-order valence-corrected chi connectivity index (χ3v) is 6.42. The van der Waals surface area contributed by atoms with Crippen LogP contribution in [-0.4, -0.2) is 38.8 Å². The molecule has 0 amide bonds. The third kappa shape index (κ3) is 4.05. The van der Waals surface area contributed by atoms with Crippen LogP contribution in [0.1, 0.15) is 62.3 Å². The summed E-state index contributed by atoms with van der Waals surface area (Å²) < 4.78 is 8.92. The molecule has 0 unspecified atom stereocenters. The molecule has 7 nitrogen and oxygen atoms in total. The molecule has 3 aromatic rings. The number of nitrogens with two attached hydrogens (primary N) is 1. The summed E-state index contributed by atoms with van der Waals surface area (Å²) in [7, 11) is 0. The molecule has 29 heavy (non-hydrogen) atoms. The van der Waals surface area contributed by atoms with Crippen molar-refractivity contribution in [2.45, 2.75) is 51.6 Å². The molecule has 0 saturated carbocycles. The van der Waals surface area contributed by atoms with Crippen LogP contribution in [0, 0.1) is 3.57 Å². The van der Waals surface area contributed by atoms with Crippen LogP contribution in [0.25, 0.3) is 5.65 Å². The van der Waals surface area contributed by atoms with Crippen molar-refractivity contribution in [3.05, 3.63) is 44.7 Å². The molecule has 8 heteroatoms. The zero-order valence-corrected chi connectivity index (χ0v) is 19.2. The minimum absolute atomic E-state index is 0.0697. The molecule has 2 atom stereocenters. The molecule has 0 spiro atoms. The van der Waals surface area contributed by atoms with Crippen molar-refractivity contribution in [3.8, 4) is 6.01 Å². The van der Waals surface area contributed by atoms with E-state index in [-0.39, 0.29) is 17.9 Å². The molecule has 1 aromatic carbocycles. The number of ether oxygens (including phenoxy) is 1. The molecule has 154 valence electrons. The summed E-state index contributed by atoms with van der Waals surface area (Å²) in [6, 6.07) is 8.73. The summed E-state index contributed by atoms with van der Waals surface area (Å²) in [4.78, 5) is 9.10. The Balaban J connectivity index is 1.78. The molecule has 0 aliphatic carbocycles. The maximum atomic E-state index is 6.27. The van der Waals surface area contributed by atoms with Crippen molar-refractivity contribution in [1.82, 2.24) is 24.9 Å². The van der Waals surface area contributed by atoms with E-state index < -0.39 is 0 Å². The Labute approximate surface area is 184 Å². The first-order valence-electron chi connectivity index (χ1n) is 10.1. The number of hydrogen-bond acceptors (Lipinski definition) is 6. The fourth-order valence-corrected chi connectivity index (χ4v) is 4.79. The first-order chi connectivity index (χ1) is 14.0. The van der Waals surface area contributed by atoms with E-state index in [1.807, 2.05) is 0 Å². The fourth-order valence-electron chi connectivity index (χ4n) is 3.94. The van der Waals surface area contributed by atoms with Gasteiger partial charge in [-0.15, -0.1) is 0 Å². The lowest BCUT2D eigenvalue weighted by Gasteiger charge is -2.22. The second-order valence-corrected chi connectivity index (χ2v) is 9.05. The van der Waals surface area contributed by atoms with E-state index in [1.165, 1.54) is 9.13 Å². The van der Waals surface area contributed by atoms with Gasteiger partial charge in [0, 0.05) is 21.6 Å². The zero-order valence-electron chi connectivity index (χ0n) is 17.0. The largest absolute Gasteiger partial charge is 0.459 e. The standard InChI is InChI=1S/C21H27IN6O/c1-12(2)17-18(13(3)15-8-4-5-9-16(15)22)27-28-19(17)25-21(26-20(28)23)29-14-7-6-10-24-11-14/h4-5,8-9,12-14,24H,6-7,10-11H2,1-3H3,(H2,23,25,26)/t13-,14+/m0/s1. The number of rotatable bonds is 5. The van der Waals surface area contributed by atoms with Gasteiger partial charge in [-0.3, -0.25) is 0 Å². The van der Waals surface area contributed by atoms with Crippen LogP contribution in [-0.2, 0) is 0 Å². The highest BCUT2D eigenvalue weighted by atomic mass is 127. The smallest absolute Gasteiger partial charge is 0.322 e. The maximum Gasteiger partial charge on any atom is 0.322 e. The highest BCUT2D eigenvalue weighted by Gasteiger charge is 2.26. The molecule has 3 heterocycles. The number of nitrogens with zero attached hydrogens (tertiary/aromatic N) is 4. The molecule has 2 aromatic heterocycles. The average Bonchev–Trinajstić information content (AvgIpc) is 3.09. The summed E-state index contributed by atoms with van der Waals surface area (Å²) in [5.74, 6) is 0.662. The molecule has 3 N–H and O–H groups in total. The summed E-state index contributed by atoms with van der Waals surface area (Å²) >= 11 is 2.38. The van der Waals surface area contributed by atoms with Gasteiger partial charge in [-0.25, -0.2) is 0 Å². The van der Waals surface area contributed by atoms with E-state index in [4.69, 9.17) is 20.6 Å². The van der Waals surface area contributed by atoms with Gasteiger partial charge >= 0.3 is 6.01 Å². The lowest BCUT2D eigenvalue weighted by molar-refractivity contribution is 0.153. The van der Waals surface area contributed by atoms with Gasteiger partial charge in [0.2, 0.25) is 5.95 Å². The zero-order chi connectivity index (χ0) is 20.5. The Kier molecular flexibility index (Phi) is 5.91. The Morgan fingerprint density at radius 1 is 1.24 bits per heavy atom. The van der Waals surface area contributed by atoms with Crippen molar-refractivity contribution in [2.24, 2.45) is 0 Å². The normalized spacial score (nSPS) is 18.3. The van der Waals surface area contributed by atoms with Gasteiger partial charge in [0.1, 0.15) is 6.10 Å². The van der Waals surface area contributed by atoms with Crippen molar-refractivity contribution >= 4 is 34.2 Å². The monoisotopic (exact) mass is 506 g/mol. The van der Waals surface area contributed by atoms with E-state index >= 15 is 0 Å². The second kappa shape index (κ2) is 8.43. The third-order valence-electron chi connectivity index (χ3n) is 5.44. The van der Waals surface area contributed by atoms with Gasteiger partial charge in [0.05, 0.1) is 5.69 Å². The van der Waals surface area contributed by atoms with E-state index in [0.717, 1.165) is 42.8 Å². The van der Waals surface area contributed by atoms with Gasteiger partial charge in [-0.05, 0) is 59.5 Å². The Morgan fingerprint density at radius 2 is 2.03 bits per heavy atom. The topological polar surface area (TPSA) is 90.4 Å². The van der Waals surface area contributed by atoms with E-state index in [2.05, 4.69) is 77.9 Å². The Hall–Kier alpha value is -1.94. The first kappa shape index (κ1) is 20.3. The van der Waals surface area contributed by atoms with Gasteiger partial charge < -0.3 is 15.8 Å². The minimum atomic E-state index is 0.0697. The van der Waals surface area contributed by atoms with Crippen LogP contribution in [0.5, 0.6) is 6.01 Å². The van der Waals surface area contributed by atoms with Crippen molar-refractivity contribution in [2.75, 3.05) is 18.8 Å². The predicted octanol–water partition coefficient (Wildman–Crippen LogP) is 3.72. The number of benzene rings is 1. The van der Waals surface area contributed by atoms with Crippen LogP contribution < -0.4 is 15.8 Å². The van der Waals surface area contributed by atoms with E-state index in [9.17, 15) is 0 Å². The number of hydrogen-bond donors (Lipinski definition) is 2. The highest BCUT2D eigenvalue weighted by molar-refractivity contribution is 14.1. The van der Waals surface area contributed by atoms with Crippen LogP contribution in [0.15, 0.2) is 24.3 Å². The molecule has 4 rings (SSSR count). The summed E-state index contributed by atoms with van der Waals surface area (Å²) in [6.07, 6.45) is 2.15. The number of halogens is 1. The number of anilines is 1. The number of piperidine rings is 1. The lowest BCUT2D eigenvalue weighted by atomic mass is 9.91. The van der Waals surface area contributed by atoms with E-state index in [0.29, 0.717) is 12.0 Å². The number of nitrogen functional groups attached to an aromatic ring is 1. The fraction of sp³-hybridized carbons (Fsp3) is 0.476. The summed E-state index contributed by atoms with van der Waals surface area (Å²) in [6.45, 7) is 8.33. The molecule has 1 fully saturated rings. The van der Waals surface area contributed by atoms with Gasteiger partial charge in [-0.1, -0.05) is 39.0 Å². The van der Waals surface area contributed by atoms with Gasteiger partial charge in [0.15, 0.2) is 5.65 Å². The highest BCUT2D eigenvalue weighted by Crippen LogP contribution is 2.35. The van der Waals surface area contributed by atoms with Crippen LogP contribution in [0.2, 0.25) is 0 Å². The predicted molar refractivity (Wildman–Crippen MR) is 122 cm³/mol. The first-order valence-corrected chi connectivity index (χ1v) is 11.2. The molecule has 1 aliphatic heterocycles. The summed E-state index contributed by atoms with van der Waals surface area (Å²) in [5.41, 5.74) is 10.3. The number of nitrogens with one attached hydrogen (secondary N) is 1. The second-order valence-electron chi connectivity index (χ2n) is 7.88. The van der Waals surface area contributed by atoms with Crippen molar-refractivity contribution in [3.63, 3.8) is 0 Å². The van der Waals surface area contributed by atoms with Gasteiger partial charge in [-0.2, -0.15) is 19.6 Å². The minimum Gasteiger partial charge on any atom is -0.459 e. The van der Waals surface area contributed by atoms with Crippen molar-refractivity contribution < 1.29 is 4.74 Å². The maximum absolute atomic E-state index is 6.27. The van der Waals surface area contributed by atoms with E-state index in [1.54, 1.807) is 4.52 Å². The molecule has 0 radical (unpaired) electrons. The molecule has 0 bridgehead atoms. The Bertz CT molecular complexity index is 1010. The molecule has 1 saturated heterocycles. The lowest BCUT2D eigenvalue weighted by Crippen LogP contribution is -2.37. The molecule has 1 aliphatic rings. The van der Waals surface area contributed by atoms with Crippen LogP contribution in [0.4, 0.5) is 5.95 Å². The number of aromatic nitrogens is 4. The van der Waals surface area contributed by atoms with Crippen molar-refractivity contribution in [1.29, 1.82) is 0 Å².